The topological polar surface area (TPSA) is 49.3 Å². The second-order valence-electron chi connectivity index (χ2n) is 3.98. The van der Waals surface area contributed by atoms with Crippen LogP contribution in [-0.4, -0.2) is 11.1 Å². The van der Waals surface area contributed by atoms with E-state index in [0.29, 0.717) is 5.56 Å². The molecule has 0 aromatic heterocycles. The van der Waals surface area contributed by atoms with Crippen molar-refractivity contribution in [2.24, 2.45) is 0 Å². The Morgan fingerprint density at radius 2 is 1.68 bits per heavy atom. The van der Waals surface area contributed by atoms with E-state index in [1.807, 2.05) is 36.4 Å². The van der Waals surface area contributed by atoms with Crippen molar-refractivity contribution in [2.45, 2.75) is 6.04 Å². The molecule has 2 aromatic rings. The first-order valence-electron chi connectivity index (χ1n) is 5.56. The summed E-state index contributed by atoms with van der Waals surface area (Å²) in [7, 11) is 0. The Hall–Kier alpha value is -1.33. The van der Waals surface area contributed by atoms with Gasteiger partial charge in [0, 0.05) is 14.6 Å². The predicted octanol–water partition coefficient (Wildman–Crippen LogP) is 4.45. The van der Waals surface area contributed by atoms with E-state index in [-0.39, 0.29) is 0 Å². The van der Waals surface area contributed by atoms with Gasteiger partial charge in [-0.2, -0.15) is 0 Å². The van der Waals surface area contributed by atoms with Crippen LogP contribution in [-0.2, 0) is 4.79 Å². The van der Waals surface area contributed by atoms with Gasteiger partial charge in [0.1, 0.15) is 0 Å². The standard InChI is InChI=1S/C14H11Br2NO2/c15-10-4-1-3-9(7-10)13(14(18)19)17-12-6-2-5-11(16)8-12/h1-8,13,17H,(H,18,19). The maximum absolute atomic E-state index is 11.4. The fraction of sp³-hybridized carbons (Fsp3) is 0.0714. The Morgan fingerprint density at radius 3 is 2.26 bits per heavy atom. The number of hydrogen-bond donors (Lipinski definition) is 2. The van der Waals surface area contributed by atoms with Gasteiger partial charge >= 0.3 is 5.97 Å². The molecule has 2 rings (SSSR count). The van der Waals surface area contributed by atoms with Crippen molar-refractivity contribution in [1.82, 2.24) is 0 Å². The molecule has 2 aromatic carbocycles. The summed E-state index contributed by atoms with van der Waals surface area (Å²) >= 11 is 6.71. The number of benzene rings is 2. The van der Waals surface area contributed by atoms with Crippen molar-refractivity contribution in [3.63, 3.8) is 0 Å². The van der Waals surface area contributed by atoms with Crippen LogP contribution in [0.25, 0.3) is 0 Å². The van der Waals surface area contributed by atoms with Gasteiger partial charge in [0.15, 0.2) is 6.04 Å². The van der Waals surface area contributed by atoms with Crippen molar-refractivity contribution in [2.75, 3.05) is 5.32 Å². The molecule has 0 amide bonds. The number of carbonyl (C=O) groups is 1. The zero-order valence-electron chi connectivity index (χ0n) is 9.81. The lowest BCUT2D eigenvalue weighted by Gasteiger charge is -2.16. The Morgan fingerprint density at radius 1 is 1.05 bits per heavy atom. The largest absolute Gasteiger partial charge is 0.479 e. The molecular weight excluding hydrogens is 374 g/mol. The normalized spacial score (nSPS) is 11.9. The minimum Gasteiger partial charge on any atom is -0.479 e. The van der Waals surface area contributed by atoms with Gasteiger partial charge in [-0.1, -0.05) is 50.1 Å². The number of rotatable bonds is 4. The highest BCUT2D eigenvalue weighted by Gasteiger charge is 2.19. The highest BCUT2D eigenvalue weighted by molar-refractivity contribution is 9.10. The first-order chi connectivity index (χ1) is 9.06. The molecule has 98 valence electrons. The van der Waals surface area contributed by atoms with Crippen molar-refractivity contribution in [3.05, 3.63) is 63.0 Å². The Kier molecular flexibility index (Phi) is 4.61. The quantitative estimate of drug-likeness (QED) is 0.818. The number of anilines is 1. The van der Waals surface area contributed by atoms with Gasteiger partial charge in [0.25, 0.3) is 0 Å². The molecule has 19 heavy (non-hydrogen) atoms. The third-order valence-electron chi connectivity index (χ3n) is 2.56. The van der Waals surface area contributed by atoms with Crippen LogP contribution in [0.15, 0.2) is 57.5 Å². The third kappa shape index (κ3) is 3.81. The van der Waals surface area contributed by atoms with Crippen LogP contribution in [0.4, 0.5) is 5.69 Å². The second-order valence-corrected chi connectivity index (χ2v) is 5.81. The predicted molar refractivity (Wildman–Crippen MR) is 82.3 cm³/mol. The summed E-state index contributed by atoms with van der Waals surface area (Å²) in [5, 5.41) is 12.4. The number of hydrogen-bond acceptors (Lipinski definition) is 2. The Labute approximate surface area is 127 Å². The van der Waals surface area contributed by atoms with Crippen LogP contribution in [0.5, 0.6) is 0 Å². The molecule has 0 aliphatic heterocycles. The summed E-state index contributed by atoms with van der Waals surface area (Å²) in [6, 6.07) is 13.9. The minimum atomic E-state index is -0.918. The SMILES string of the molecule is O=C(O)C(Nc1cccc(Br)c1)c1cccc(Br)c1. The van der Waals surface area contributed by atoms with E-state index < -0.39 is 12.0 Å². The van der Waals surface area contributed by atoms with Crippen molar-refractivity contribution >= 4 is 43.5 Å². The number of aliphatic carboxylic acids is 1. The fourth-order valence-electron chi connectivity index (χ4n) is 1.72. The molecule has 0 saturated carbocycles. The van der Waals surface area contributed by atoms with Gasteiger partial charge in [-0.3, -0.25) is 0 Å². The highest BCUT2D eigenvalue weighted by atomic mass is 79.9. The van der Waals surface area contributed by atoms with Crippen LogP contribution in [0.3, 0.4) is 0 Å². The Balaban J connectivity index is 2.29. The fourth-order valence-corrected chi connectivity index (χ4v) is 2.53. The number of nitrogens with one attached hydrogen (secondary N) is 1. The van der Waals surface area contributed by atoms with Crippen LogP contribution >= 0.6 is 31.9 Å². The lowest BCUT2D eigenvalue weighted by Crippen LogP contribution is -2.20. The summed E-state index contributed by atoms with van der Waals surface area (Å²) in [6.45, 7) is 0. The smallest absolute Gasteiger partial charge is 0.330 e. The van der Waals surface area contributed by atoms with Crippen molar-refractivity contribution < 1.29 is 9.90 Å². The van der Waals surface area contributed by atoms with Gasteiger partial charge in [-0.05, 0) is 35.9 Å². The van der Waals surface area contributed by atoms with E-state index >= 15 is 0 Å². The summed E-state index contributed by atoms with van der Waals surface area (Å²) in [6.07, 6.45) is 0. The maximum Gasteiger partial charge on any atom is 0.330 e. The molecule has 0 spiro atoms. The van der Waals surface area contributed by atoms with E-state index in [4.69, 9.17) is 0 Å². The number of carboxylic acid groups (broad SMARTS) is 1. The summed E-state index contributed by atoms with van der Waals surface area (Å²) in [4.78, 5) is 11.4. The van der Waals surface area contributed by atoms with Gasteiger partial charge in [-0.25, -0.2) is 4.79 Å². The molecule has 1 atom stereocenters. The van der Waals surface area contributed by atoms with E-state index in [0.717, 1.165) is 14.6 Å². The van der Waals surface area contributed by atoms with Gasteiger partial charge < -0.3 is 10.4 Å². The van der Waals surface area contributed by atoms with E-state index in [1.165, 1.54) is 0 Å². The number of carboxylic acids is 1. The molecule has 0 saturated heterocycles. The molecule has 0 radical (unpaired) electrons. The molecular formula is C14H11Br2NO2. The molecule has 1 unspecified atom stereocenters. The molecule has 3 nitrogen and oxygen atoms in total. The lowest BCUT2D eigenvalue weighted by molar-refractivity contribution is -0.138. The van der Waals surface area contributed by atoms with Crippen molar-refractivity contribution in [3.8, 4) is 0 Å². The average molecular weight is 385 g/mol. The van der Waals surface area contributed by atoms with Gasteiger partial charge in [0.2, 0.25) is 0 Å². The summed E-state index contributed by atoms with van der Waals surface area (Å²) in [5.41, 5.74) is 1.45. The van der Waals surface area contributed by atoms with E-state index in [2.05, 4.69) is 37.2 Å². The van der Waals surface area contributed by atoms with Crippen molar-refractivity contribution in [1.29, 1.82) is 0 Å². The zero-order valence-corrected chi connectivity index (χ0v) is 13.0. The van der Waals surface area contributed by atoms with Gasteiger partial charge in [0.05, 0.1) is 0 Å². The molecule has 0 bridgehead atoms. The molecule has 0 aliphatic rings. The zero-order chi connectivity index (χ0) is 13.8. The minimum absolute atomic E-state index is 0.696. The monoisotopic (exact) mass is 383 g/mol. The number of halogens is 2. The van der Waals surface area contributed by atoms with E-state index in [9.17, 15) is 9.90 Å². The van der Waals surface area contributed by atoms with Crippen LogP contribution < -0.4 is 5.32 Å². The molecule has 2 N–H and O–H groups in total. The van der Waals surface area contributed by atoms with E-state index in [1.54, 1.807) is 12.1 Å². The molecule has 5 heteroatoms. The second kappa shape index (κ2) is 6.21. The maximum atomic E-state index is 11.4. The highest BCUT2D eigenvalue weighted by Crippen LogP contribution is 2.24. The van der Waals surface area contributed by atoms with Crippen LogP contribution in [0.2, 0.25) is 0 Å². The summed E-state index contributed by atoms with van der Waals surface area (Å²) in [5.74, 6) is -0.918. The Bertz CT molecular complexity index is 602. The lowest BCUT2D eigenvalue weighted by atomic mass is 10.1. The molecule has 0 heterocycles. The van der Waals surface area contributed by atoms with Crippen LogP contribution in [0, 0.1) is 0 Å². The first-order valence-corrected chi connectivity index (χ1v) is 7.15. The van der Waals surface area contributed by atoms with Gasteiger partial charge in [-0.15, -0.1) is 0 Å². The molecule has 0 aliphatic carbocycles. The van der Waals surface area contributed by atoms with Crippen LogP contribution in [0.1, 0.15) is 11.6 Å². The average Bonchev–Trinajstić information content (AvgIpc) is 2.35. The first kappa shape index (κ1) is 14.1. The summed E-state index contributed by atoms with van der Waals surface area (Å²) < 4.78 is 1.75. The third-order valence-corrected chi connectivity index (χ3v) is 3.55. The molecule has 0 fully saturated rings.